The molecule has 0 radical (unpaired) electrons. The summed E-state index contributed by atoms with van der Waals surface area (Å²) in [6, 6.07) is 14.5. The van der Waals surface area contributed by atoms with Gasteiger partial charge >= 0.3 is 0 Å². The van der Waals surface area contributed by atoms with Gasteiger partial charge in [-0.15, -0.1) is 0 Å². The van der Waals surface area contributed by atoms with E-state index in [9.17, 15) is 0 Å². The molecule has 3 nitrogen and oxygen atoms in total. The number of halogens is 1. The maximum absolute atomic E-state index is 5.45. The van der Waals surface area contributed by atoms with Crippen molar-refractivity contribution in [2.45, 2.75) is 13.0 Å². The van der Waals surface area contributed by atoms with Crippen LogP contribution in [0.15, 0.2) is 46.9 Å². The number of hydrogen-bond acceptors (Lipinski definition) is 3. The van der Waals surface area contributed by atoms with Crippen LogP contribution < -0.4 is 15.0 Å². The van der Waals surface area contributed by atoms with Crippen molar-refractivity contribution < 1.29 is 4.74 Å². The minimum absolute atomic E-state index is 0.147. The van der Waals surface area contributed by atoms with Gasteiger partial charge in [0.25, 0.3) is 0 Å². The first-order valence-electron chi connectivity index (χ1n) is 6.89. The van der Waals surface area contributed by atoms with Crippen LogP contribution in [0.3, 0.4) is 0 Å². The number of nitrogens with one attached hydrogen (secondary N) is 1. The van der Waals surface area contributed by atoms with Crippen molar-refractivity contribution in [3.05, 3.63) is 52.5 Å². The summed E-state index contributed by atoms with van der Waals surface area (Å²) < 4.78 is 6.50. The summed E-state index contributed by atoms with van der Waals surface area (Å²) in [5.41, 5.74) is 3.39. The Morgan fingerprint density at radius 1 is 1.14 bits per heavy atom. The molecular weight excluding hydrogens is 328 g/mol. The van der Waals surface area contributed by atoms with Gasteiger partial charge in [0, 0.05) is 24.1 Å². The number of para-hydroxylation sites is 1. The lowest BCUT2D eigenvalue weighted by Crippen LogP contribution is -2.14. The van der Waals surface area contributed by atoms with Gasteiger partial charge in [-0.05, 0) is 31.2 Å². The molecule has 1 N–H and O–H groups in total. The maximum Gasteiger partial charge on any atom is 0.124 e. The molecular formula is C17H21BrN2O. The van der Waals surface area contributed by atoms with Gasteiger partial charge in [0.15, 0.2) is 0 Å². The first-order valence-corrected chi connectivity index (χ1v) is 7.68. The Hall–Kier alpha value is -1.68. The van der Waals surface area contributed by atoms with E-state index in [1.807, 2.05) is 38.4 Å². The van der Waals surface area contributed by atoms with Crippen molar-refractivity contribution in [1.29, 1.82) is 0 Å². The number of hydrogen-bond donors (Lipinski definition) is 1. The number of ether oxygens (including phenoxy) is 1. The number of rotatable bonds is 5. The van der Waals surface area contributed by atoms with E-state index < -0.39 is 0 Å². The second-order valence-corrected chi connectivity index (χ2v) is 6.08. The Morgan fingerprint density at radius 2 is 1.86 bits per heavy atom. The van der Waals surface area contributed by atoms with E-state index in [4.69, 9.17) is 4.74 Å². The van der Waals surface area contributed by atoms with Crippen LogP contribution in [0.5, 0.6) is 5.75 Å². The molecule has 0 heterocycles. The summed E-state index contributed by atoms with van der Waals surface area (Å²) in [6.07, 6.45) is 0. The Kier molecular flexibility index (Phi) is 5.12. The maximum atomic E-state index is 5.45. The predicted molar refractivity (Wildman–Crippen MR) is 93.5 cm³/mol. The third-order valence-electron chi connectivity index (χ3n) is 3.42. The van der Waals surface area contributed by atoms with E-state index in [2.05, 4.69) is 51.3 Å². The van der Waals surface area contributed by atoms with Crippen LogP contribution in [0.1, 0.15) is 18.5 Å². The fourth-order valence-corrected chi connectivity index (χ4v) is 2.71. The lowest BCUT2D eigenvalue weighted by Gasteiger charge is -2.23. The van der Waals surface area contributed by atoms with Crippen molar-refractivity contribution in [2.24, 2.45) is 0 Å². The predicted octanol–water partition coefficient (Wildman–Crippen LogP) is 4.70. The number of methoxy groups -OCH3 is 1. The normalized spacial score (nSPS) is 11.9. The molecule has 2 aromatic carbocycles. The van der Waals surface area contributed by atoms with Crippen LogP contribution in [0.25, 0.3) is 0 Å². The Labute approximate surface area is 135 Å². The van der Waals surface area contributed by atoms with Crippen molar-refractivity contribution in [2.75, 3.05) is 31.4 Å². The zero-order valence-corrected chi connectivity index (χ0v) is 14.4. The van der Waals surface area contributed by atoms with Gasteiger partial charge in [0.2, 0.25) is 0 Å². The standard InChI is InChI=1S/C17H21BrN2O/c1-12(14-7-5-6-8-17(14)21-4)19-15-11-13(18)9-10-16(15)20(2)3/h5-12,19H,1-4H3. The molecule has 0 bridgehead atoms. The van der Waals surface area contributed by atoms with Gasteiger partial charge in [-0.2, -0.15) is 0 Å². The van der Waals surface area contributed by atoms with Gasteiger partial charge in [-0.25, -0.2) is 0 Å². The van der Waals surface area contributed by atoms with E-state index in [-0.39, 0.29) is 6.04 Å². The quantitative estimate of drug-likeness (QED) is 0.847. The fourth-order valence-electron chi connectivity index (χ4n) is 2.35. The molecule has 0 aliphatic carbocycles. The highest BCUT2D eigenvalue weighted by Gasteiger charge is 2.13. The summed E-state index contributed by atoms with van der Waals surface area (Å²) in [6.45, 7) is 2.14. The third kappa shape index (κ3) is 3.70. The molecule has 4 heteroatoms. The molecule has 1 unspecified atom stereocenters. The van der Waals surface area contributed by atoms with Gasteiger partial charge in [-0.1, -0.05) is 34.1 Å². The first kappa shape index (κ1) is 15.7. The zero-order chi connectivity index (χ0) is 15.4. The van der Waals surface area contributed by atoms with E-state index in [0.29, 0.717) is 0 Å². The highest BCUT2D eigenvalue weighted by Crippen LogP contribution is 2.33. The van der Waals surface area contributed by atoms with Crippen LogP contribution in [-0.2, 0) is 0 Å². The highest BCUT2D eigenvalue weighted by molar-refractivity contribution is 9.10. The fraction of sp³-hybridized carbons (Fsp3) is 0.294. The number of anilines is 2. The molecule has 2 rings (SSSR count). The SMILES string of the molecule is COc1ccccc1C(C)Nc1cc(Br)ccc1N(C)C. The Balaban J connectivity index is 2.31. The summed E-state index contributed by atoms with van der Waals surface area (Å²) in [7, 11) is 5.79. The van der Waals surface area contributed by atoms with Crippen LogP contribution in [0.4, 0.5) is 11.4 Å². The van der Waals surface area contributed by atoms with Crippen LogP contribution >= 0.6 is 15.9 Å². The van der Waals surface area contributed by atoms with Gasteiger partial charge < -0.3 is 15.0 Å². The summed E-state index contributed by atoms with van der Waals surface area (Å²) >= 11 is 3.54. The summed E-state index contributed by atoms with van der Waals surface area (Å²) in [5.74, 6) is 0.902. The molecule has 0 fully saturated rings. The third-order valence-corrected chi connectivity index (χ3v) is 3.91. The molecule has 0 amide bonds. The lowest BCUT2D eigenvalue weighted by atomic mass is 10.1. The van der Waals surface area contributed by atoms with Gasteiger partial charge in [0.1, 0.15) is 5.75 Å². The van der Waals surface area contributed by atoms with Gasteiger partial charge in [0.05, 0.1) is 24.5 Å². The van der Waals surface area contributed by atoms with E-state index in [1.54, 1.807) is 7.11 Å². The molecule has 0 saturated heterocycles. The van der Waals surface area contributed by atoms with Crippen molar-refractivity contribution >= 4 is 27.3 Å². The Bertz CT molecular complexity index is 613. The van der Waals surface area contributed by atoms with Crippen LogP contribution in [0.2, 0.25) is 0 Å². The minimum Gasteiger partial charge on any atom is -0.496 e. The second kappa shape index (κ2) is 6.85. The molecule has 112 valence electrons. The number of nitrogens with zero attached hydrogens (tertiary/aromatic N) is 1. The highest BCUT2D eigenvalue weighted by atomic mass is 79.9. The molecule has 0 aliphatic heterocycles. The first-order chi connectivity index (χ1) is 10.0. The van der Waals surface area contributed by atoms with E-state index in [1.165, 1.54) is 0 Å². The Morgan fingerprint density at radius 3 is 2.52 bits per heavy atom. The summed E-state index contributed by atoms with van der Waals surface area (Å²) in [5, 5.41) is 3.57. The number of benzene rings is 2. The second-order valence-electron chi connectivity index (χ2n) is 5.16. The summed E-state index contributed by atoms with van der Waals surface area (Å²) in [4.78, 5) is 2.10. The van der Waals surface area contributed by atoms with Crippen molar-refractivity contribution in [1.82, 2.24) is 0 Å². The van der Waals surface area contributed by atoms with E-state index >= 15 is 0 Å². The molecule has 0 saturated carbocycles. The lowest BCUT2D eigenvalue weighted by molar-refractivity contribution is 0.408. The minimum atomic E-state index is 0.147. The van der Waals surface area contributed by atoms with Gasteiger partial charge in [-0.3, -0.25) is 0 Å². The molecule has 21 heavy (non-hydrogen) atoms. The topological polar surface area (TPSA) is 24.5 Å². The molecule has 2 aromatic rings. The van der Waals surface area contributed by atoms with Crippen LogP contribution in [-0.4, -0.2) is 21.2 Å². The van der Waals surface area contributed by atoms with E-state index in [0.717, 1.165) is 27.2 Å². The molecule has 0 aromatic heterocycles. The monoisotopic (exact) mass is 348 g/mol. The van der Waals surface area contributed by atoms with Crippen molar-refractivity contribution in [3.63, 3.8) is 0 Å². The average Bonchev–Trinajstić information content (AvgIpc) is 2.46. The zero-order valence-electron chi connectivity index (χ0n) is 12.9. The average molecular weight is 349 g/mol. The molecule has 0 aliphatic rings. The molecule has 1 atom stereocenters. The molecule has 0 spiro atoms. The van der Waals surface area contributed by atoms with Crippen LogP contribution in [0, 0.1) is 0 Å². The smallest absolute Gasteiger partial charge is 0.124 e. The largest absolute Gasteiger partial charge is 0.496 e. The van der Waals surface area contributed by atoms with Crippen molar-refractivity contribution in [3.8, 4) is 5.75 Å².